The predicted octanol–water partition coefficient (Wildman–Crippen LogP) is 1.97. The Morgan fingerprint density at radius 2 is 2.04 bits per heavy atom. The average molecular weight is 332 g/mol. The van der Waals surface area contributed by atoms with Crippen molar-refractivity contribution in [2.45, 2.75) is 32.2 Å². The normalized spacial score (nSPS) is 20.7. The van der Waals surface area contributed by atoms with Gasteiger partial charge in [0, 0.05) is 19.1 Å². The van der Waals surface area contributed by atoms with Crippen LogP contribution in [0.4, 0.5) is 4.79 Å². The molecule has 1 saturated heterocycles. The summed E-state index contributed by atoms with van der Waals surface area (Å²) in [6.07, 6.45) is 1.96. The number of likely N-dealkylation sites (tertiary alicyclic amines) is 1. The van der Waals surface area contributed by atoms with Crippen molar-refractivity contribution in [2.75, 3.05) is 26.3 Å². The monoisotopic (exact) mass is 332 g/mol. The Kier molecular flexibility index (Phi) is 5.23. The van der Waals surface area contributed by atoms with E-state index in [4.69, 9.17) is 9.47 Å². The van der Waals surface area contributed by atoms with Gasteiger partial charge in [-0.25, -0.2) is 4.79 Å². The molecule has 1 N–H and O–H groups in total. The number of rotatable bonds is 3. The minimum Gasteiger partial charge on any atom is -0.492 e. The van der Waals surface area contributed by atoms with E-state index in [2.05, 4.69) is 5.32 Å². The van der Waals surface area contributed by atoms with Crippen LogP contribution in [0.2, 0.25) is 0 Å². The van der Waals surface area contributed by atoms with Crippen molar-refractivity contribution in [1.29, 1.82) is 0 Å². The molecule has 6 heteroatoms. The Balaban J connectivity index is 1.48. The zero-order valence-corrected chi connectivity index (χ0v) is 14.0. The fraction of sp³-hybridized carbons (Fsp3) is 0.556. The fourth-order valence-corrected chi connectivity index (χ4v) is 3.24. The molecule has 0 aliphatic carbocycles. The van der Waals surface area contributed by atoms with E-state index in [1.165, 1.54) is 0 Å². The molecule has 0 aromatic heterocycles. The summed E-state index contributed by atoms with van der Waals surface area (Å²) in [7, 11) is 0. The molecule has 0 saturated carbocycles. The molecule has 130 valence electrons. The maximum atomic E-state index is 12.5. The van der Waals surface area contributed by atoms with Crippen LogP contribution >= 0.6 is 0 Å². The topological polar surface area (TPSA) is 67.9 Å². The van der Waals surface area contributed by atoms with Crippen LogP contribution in [0.1, 0.15) is 25.3 Å². The number of piperidine rings is 1. The molecular formula is C18H24N2O4. The molecule has 1 atom stereocenters. The molecule has 1 fully saturated rings. The van der Waals surface area contributed by atoms with Gasteiger partial charge in [-0.1, -0.05) is 18.2 Å². The Morgan fingerprint density at radius 3 is 2.79 bits per heavy atom. The van der Waals surface area contributed by atoms with Crippen LogP contribution in [-0.4, -0.2) is 49.2 Å². The minimum atomic E-state index is -0.264. The largest absolute Gasteiger partial charge is 0.492 e. The molecule has 0 bridgehead atoms. The number of nitrogens with one attached hydrogen (secondary N) is 1. The SMILES string of the molecule is CCOC(=O)N1CCC(NC(=O)C2COc3ccccc3C2)CC1. The second kappa shape index (κ2) is 7.55. The van der Waals surface area contributed by atoms with Crippen LogP contribution in [0.25, 0.3) is 0 Å². The van der Waals surface area contributed by atoms with Crippen molar-refractivity contribution in [2.24, 2.45) is 5.92 Å². The highest BCUT2D eigenvalue weighted by molar-refractivity contribution is 5.80. The molecule has 2 heterocycles. The van der Waals surface area contributed by atoms with Gasteiger partial charge in [0.25, 0.3) is 0 Å². The molecule has 0 spiro atoms. The third kappa shape index (κ3) is 3.80. The Labute approximate surface area is 142 Å². The van der Waals surface area contributed by atoms with Gasteiger partial charge in [0.1, 0.15) is 12.4 Å². The molecule has 6 nitrogen and oxygen atoms in total. The van der Waals surface area contributed by atoms with Crippen LogP contribution < -0.4 is 10.1 Å². The number of hydrogen-bond acceptors (Lipinski definition) is 4. The van der Waals surface area contributed by atoms with Crippen molar-refractivity contribution in [3.63, 3.8) is 0 Å². The van der Waals surface area contributed by atoms with E-state index >= 15 is 0 Å². The first-order valence-electron chi connectivity index (χ1n) is 8.60. The minimum absolute atomic E-state index is 0.0408. The van der Waals surface area contributed by atoms with Gasteiger partial charge in [-0.05, 0) is 37.8 Å². The van der Waals surface area contributed by atoms with Crippen molar-refractivity contribution in [3.05, 3.63) is 29.8 Å². The highest BCUT2D eigenvalue weighted by atomic mass is 16.6. The molecule has 3 rings (SSSR count). The maximum Gasteiger partial charge on any atom is 0.409 e. The second-order valence-electron chi connectivity index (χ2n) is 6.29. The third-order valence-corrected chi connectivity index (χ3v) is 4.62. The zero-order valence-electron chi connectivity index (χ0n) is 14.0. The Morgan fingerprint density at radius 1 is 1.29 bits per heavy atom. The maximum absolute atomic E-state index is 12.5. The van der Waals surface area contributed by atoms with Gasteiger partial charge in [0.2, 0.25) is 5.91 Å². The summed E-state index contributed by atoms with van der Waals surface area (Å²) in [6, 6.07) is 7.96. The van der Waals surface area contributed by atoms with Gasteiger partial charge in [0.05, 0.1) is 12.5 Å². The van der Waals surface area contributed by atoms with Crippen LogP contribution in [0.5, 0.6) is 5.75 Å². The molecule has 2 aliphatic rings. The standard InChI is InChI=1S/C18H24N2O4/c1-2-23-18(22)20-9-7-15(8-10-20)19-17(21)14-11-13-5-3-4-6-16(13)24-12-14/h3-6,14-15H,2,7-12H2,1H3,(H,19,21). The molecule has 0 radical (unpaired) electrons. The molecule has 1 aromatic carbocycles. The smallest absolute Gasteiger partial charge is 0.409 e. The van der Waals surface area contributed by atoms with E-state index in [1.54, 1.807) is 11.8 Å². The number of benzene rings is 1. The number of amides is 2. The highest BCUT2D eigenvalue weighted by Crippen LogP contribution is 2.27. The Hall–Kier alpha value is -2.24. The lowest BCUT2D eigenvalue weighted by Gasteiger charge is -2.33. The number of para-hydroxylation sites is 1. The van der Waals surface area contributed by atoms with Crippen LogP contribution in [0.15, 0.2) is 24.3 Å². The van der Waals surface area contributed by atoms with E-state index in [1.807, 2.05) is 24.3 Å². The average Bonchev–Trinajstić information content (AvgIpc) is 2.62. The number of carbonyl (C=O) groups excluding carboxylic acids is 2. The van der Waals surface area contributed by atoms with Gasteiger partial charge in [0.15, 0.2) is 0 Å². The third-order valence-electron chi connectivity index (χ3n) is 4.62. The lowest BCUT2D eigenvalue weighted by molar-refractivity contribution is -0.127. The van der Waals surface area contributed by atoms with Crippen molar-refractivity contribution in [3.8, 4) is 5.75 Å². The first-order valence-corrected chi connectivity index (χ1v) is 8.60. The molecule has 1 aromatic rings. The lowest BCUT2D eigenvalue weighted by atomic mass is 9.95. The predicted molar refractivity (Wildman–Crippen MR) is 88.9 cm³/mol. The van der Waals surface area contributed by atoms with E-state index < -0.39 is 0 Å². The van der Waals surface area contributed by atoms with Crippen LogP contribution in [0, 0.1) is 5.92 Å². The number of hydrogen-bond donors (Lipinski definition) is 1. The summed E-state index contributed by atoms with van der Waals surface area (Å²) < 4.78 is 10.7. The number of nitrogens with zero attached hydrogens (tertiary/aromatic N) is 1. The van der Waals surface area contributed by atoms with Gasteiger partial charge in [-0.15, -0.1) is 0 Å². The van der Waals surface area contributed by atoms with Crippen molar-refractivity contribution >= 4 is 12.0 Å². The summed E-state index contributed by atoms with van der Waals surface area (Å²) in [4.78, 5) is 25.9. The molecule has 1 unspecified atom stereocenters. The fourth-order valence-electron chi connectivity index (χ4n) is 3.24. The van der Waals surface area contributed by atoms with E-state index in [-0.39, 0.29) is 24.0 Å². The zero-order chi connectivity index (χ0) is 16.9. The van der Waals surface area contributed by atoms with Gasteiger partial charge in [-0.2, -0.15) is 0 Å². The summed E-state index contributed by atoms with van der Waals surface area (Å²) in [5.41, 5.74) is 1.08. The van der Waals surface area contributed by atoms with Crippen molar-refractivity contribution in [1.82, 2.24) is 10.2 Å². The van der Waals surface area contributed by atoms with Gasteiger partial charge in [-0.3, -0.25) is 4.79 Å². The lowest BCUT2D eigenvalue weighted by Crippen LogP contribution is -2.49. The quantitative estimate of drug-likeness (QED) is 0.919. The summed E-state index contributed by atoms with van der Waals surface area (Å²) >= 11 is 0. The molecule has 2 aliphatic heterocycles. The summed E-state index contributed by atoms with van der Waals surface area (Å²) in [5, 5.41) is 3.11. The second-order valence-corrected chi connectivity index (χ2v) is 6.29. The first-order chi connectivity index (χ1) is 11.7. The Bertz CT molecular complexity index is 596. The number of carbonyl (C=O) groups is 2. The summed E-state index contributed by atoms with van der Waals surface area (Å²) in [6.45, 7) is 3.85. The number of fused-ring (bicyclic) bond motifs is 1. The van der Waals surface area contributed by atoms with Gasteiger partial charge < -0.3 is 19.7 Å². The molecular weight excluding hydrogens is 308 g/mol. The molecule has 24 heavy (non-hydrogen) atoms. The van der Waals surface area contributed by atoms with E-state index in [0.717, 1.165) is 24.2 Å². The molecule has 2 amide bonds. The number of ether oxygens (including phenoxy) is 2. The highest BCUT2D eigenvalue weighted by Gasteiger charge is 2.29. The van der Waals surface area contributed by atoms with Crippen molar-refractivity contribution < 1.29 is 19.1 Å². The van der Waals surface area contributed by atoms with Crippen LogP contribution in [0.3, 0.4) is 0 Å². The van der Waals surface area contributed by atoms with E-state index in [9.17, 15) is 9.59 Å². The summed E-state index contributed by atoms with van der Waals surface area (Å²) in [5.74, 6) is 0.770. The van der Waals surface area contributed by atoms with Crippen LogP contribution in [-0.2, 0) is 16.0 Å². The van der Waals surface area contributed by atoms with Gasteiger partial charge >= 0.3 is 6.09 Å². The van der Waals surface area contributed by atoms with E-state index in [0.29, 0.717) is 32.7 Å². The first kappa shape index (κ1) is 16.6.